The molecule has 0 atom stereocenters. The van der Waals surface area contributed by atoms with E-state index in [9.17, 15) is 9.59 Å². The van der Waals surface area contributed by atoms with Crippen LogP contribution in [0.5, 0.6) is 0 Å². The number of aryl methyl sites for hydroxylation is 3. The van der Waals surface area contributed by atoms with Crippen LogP contribution in [0.15, 0.2) is 15.7 Å². The number of nitrogens with zero attached hydrogens (tertiary/aromatic N) is 6. The molecule has 0 spiro atoms. The summed E-state index contributed by atoms with van der Waals surface area (Å²) >= 11 is 0. The predicted octanol–water partition coefficient (Wildman–Crippen LogP) is 0.273. The molecule has 0 fully saturated rings. The van der Waals surface area contributed by atoms with Gasteiger partial charge in [0, 0.05) is 32.9 Å². The van der Waals surface area contributed by atoms with Crippen molar-refractivity contribution in [3.63, 3.8) is 0 Å². The molecule has 3 heterocycles. The highest BCUT2D eigenvalue weighted by molar-refractivity contribution is 5.72. The Balaban J connectivity index is 2.36. The van der Waals surface area contributed by atoms with Crippen molar-refractivity contribution in [3.05, 3.63) is 38.3 Å². The van der Waals surface area contributed by atoms with Crippen LogP contribution in [0.25, 0.3) is 17.1 Å². The van der Waals surface area contributed by atoms with E-state index in [-0.39, 0.29) is 5.56 Å². The quantitative estimate of drug-likeness (QED) is 0.619. The van der Waals surface area contributed by atoms with Gasteiger partial charge in [0.2, 0.25) is 5.95 Å². The molecular formula is C16H22N6O3. The lowest BCUT2D eigenvalue weighted by Gasteiger charge is -2.10. The van der Waals surface area contributed by atoms with Crippen molar-refractivity contribution in [1.29, 1.82) is 0 Å². The molecule has 3 aromatic rings. The highest BCUT2D eigenvalue weighted by Gasteiger charge is 2.21. The van der Waals surface area contributed by atoms with Crippen LogP contribution in [0.4, 0.5) is 0 Å². The Kier molecular flexibility index (Phi) is 4.34. The number of fused-ring (bicyclic) bond motifs is 1. The normalized spacial score (nSPS) is 11.6. The summed E-state index contributed by atoms with van der Waals surface area (Å²) in [6, 6.07) is 1.93. The van der Waals surface area contributed by atoms with Crippen molar-refractivity contribution in [1.82, 2.24) is 28.5 Å². The standard InChI is InChI=1S/C16H22N6O3/c1-6-25-8-7-21-12-13(19(4)16(24)20(5)14(12)23)17-15(21)22-11(3)9-10(2)18-22/h9H,6-8H2,1-5H3. The average Bonchev–Trinajstić information content (AvgIpc) is 3.11. The summed E-state index contributed by atoms with van der Waals surface area (Å²) in [5.74, 6) is 0.499. The summed E-state index contributed by atoms with van der Waals surface area (Å²) < 4.78 is 11.4. The Morgan fingerprint density at radius 1 is 1.16 bits per heavy atom. The molecule has 0 aliphatic rings. The molecule has 134 valence electrons. The molecule has 0 radical (unpaired) electrons. The largest absolute Gasteiger partial charge is 0.380 e. The van der Waals surface area contributed by atoms with Crippen molar-refractivity contribution in [2.24, 2.45) is 14.1 Å². The van der Waals surface area contributed by atoms with Gasteiger partial charge >= 0.3 is 5.69 Å². The zero-order chi connectivity index (χ0) is 18.3. The van der Waals surface area contributed by atoms with E-state index in [1.54, 1.807) is 16.3 Å². The Morgan fingerprint density at radius 2 is 1.88 bits per heavy atom. The Bertz CT molecular complexity index is 1050. The third kappa shape index (κ3) is 2.70. The van der Waals surface area contributed by atoms with Gasteiger partial charge in [-0.2, -0.15) is 10.1 Å². The summed E-state index contributed by atoms with van der Waals surface area (Å²) in [7, 11) is 3.07. The van der Waals surface area contributed by atoms with E-state index < -0.39 is 5.69 Å². The molecule has 3 rings (SSSR count). The van der Waals surface area contributed by atoms with Crippen LogP contribution in [0.3, 0.4) is 0 Å². The average molecular weight is 346 g/mol. The van der Waals surface area contributed by atoms with Crippen molar-refractivity contribution in [3.8, 4) is 5.95 Å². The first-order valence-electron chi connectivity index (χ1n) is 8.14. The number of hydrogen-bond donors (Lipinski definition) is 0. The number of imidazole rings is 1. The van der Waals surface area contributed by atoms with E-state index in [1.165, 1.54) is 11.6 Å². The molecule has 0 saturated heterocycles. The second kappa shape index (κ2) is 6.32. The van der Waals surface area contributed by atoms with Crippen LogP contribution >= 0.6 is 0 Å². The molecule has 0 aromatic carbocycles. The summed E-state index contributed by atoms with van der Waals surface area (Å²) in [5.41, 5.74) is 1.66. The van der Waals surface area contributed by atoms with E-state index in [0.717, 1.165) is 16.0 Å². The molecule has 9 heteroatoms. The summed E-state index contributed by atoms with van der Waals surface area (Å²) in [6.45, 7) is 7.18. The number of aromatic nitrogens is 6. The van der Waals surface area contributed by atoms with Crippen LogP contribution in [0, 0.1) is 13.8 Å². The Morgan fingerprint density at radius 3 is 2.48 bits per heavy atom. The molecule has 0 saturated carbocycles. The van der Waals surface area contributed by atoms with Gasteiger partial charge in [-0.3, -0.25) is 13.9 Å². The minimum absolute atomic E-state index is 0.340. The maximum Gasteiger partial charge on any atom is 0.332 e. The molecule has 0 N–H and O–H groups in total. The number of hydrogen-bond acceptors (Lipinski definition) is 5. The van der Waals surface area contributed by atoms with Crippen molar-refractivity contribution >= 4 is 11.2 Å². The number of rotatable bonds is 5. The second-order valence-electron chi connectivity index (χ2n) is 5.98. The minimum atomic E-state index is -0.410. The third-order valence-corrected chi connectivity index (χ3v) is 4.19. The molecule has 25 heavy (non-hydrogen) atoms. The maximum atomic E-state index is 12.7. The second-order valence-corrected chi connectivity index (χ2v) is 5.98. The Labute approximate surface area is 144 Å². The summed E-state index contributed by atoms with van der Waals surface area (Å²) in [4.78, 5) is 29.5. The lowest BCUT2D eigenvalue weighted by atomic mass is 10.4. The van der Waals surface area contributed by atoms with Crippen LogP contribution in [-0.2, 0) is 25.4 Å². The van der Waals surface area contributed by atoms with E-state index in [0.29, 0.717) is 36.9 Å². The summed E-state index contributed by atoms with van der Waals surface area (Å²) in [6.07, 6.45) is 0. The molecule has 0 aliphatic carbocycles. The molecule has 0 aliphatic heterocycles. The zero-order valence-electron chi connectivity index (χ0n) is 15.1. The fraction of sp³-hybridized carbons (Fsp3) is 0.500. The van der Waals surface area contributed by atoms with Gasteiger partial charge in [-0.25, -0.2) is 9.48 Å². The van der Waals surface area contributed by atoms with Crippen LogP contribution in [0.1, 0.15) is 18.3 Å². The van der Waals surface area contributed by atoms with Gasteiger partial charge in [0.1, 0.15) is 0 Å². The highest BCUT2D eigenvalue weighted by Crippen LogP contribution is 2.17. The topological polar surface area (TPSA) is 88.9 Å². The smallest absolute Gasteiger partial charge is 0.332 e. The molecular weight excluding hydrogens is 324 g/mol. The fourth-order valence-corrected chi connectivity index (χ4v) is 2.94. The van der Waals surface area contributed by atoms with E-state index in [2.05, 4.69) is 10.1 Å². The molecule has 0 bridgehead atoms. The van der Waals surface area contributed by atoms with Crippen LogP contribution in [-0.4, -0.2) is 41.7 Å². The van der Waals surface area contributed by atoms with Gasteiger partial charge in [0.25, 0.3) is 5.56 Å². The first kappa shape index (κ1) is 17.2. The number of ether oxygens (including phenoxy) is 1. The zero-order valence-corrected chi connectivity index (χ0v) is 15.1. The molecule has 9 nitrogen and oxygen atoms in total. The van der Waals surface area contributed by atoms with E-state index >= 15 is 0 Å². The van der Waals surface area contributed by atoms with Gasteiger partial charge in [0.15, 0.2) is 11.2 Å². The van der Waals surface area contributed by atoms with Crippen molar-refractivity contribution in [2.75, 3.05) is 13.2 Å². The summed E-state index contributed by atoms with van der Waals surface area (Å²) in [5, 5.41) is 4.47. The minimum Gasteiger partial charge on any atom is -0.380 e. The highest BCUT2D eigenvalue weighted by atomic mass is 16.5. The van der Waals surface area contributed by atoms with Gasteiger partial charge in [-0.05, 0) is 26.8 Å². The third-order valence-electron chi connectivity index (χ3n) is 4.19. The predicted molar refractivity (Wildman–Crippen MR) is 93.3 cm³/mol. The molecule has 0 amide bonds. The van der Waals surface area contributed by atoms with Crippen molar-refractivity contribution < 1.29 is 4.74 Å². The van der Waals surface area contributed by atoms with Crippen molar-refractivity contribution in [2.45, 2.75) is 27.3 Å². The lowest BCUT2D eigenvalue weighted by molar-refractivity contribution is 0.139. The monoisotopic (exact) mass is 346 g/mol. The van der Waals surface area contributed by atoms with Gasteiger partial charge < -0.3 is 9.30 Å². The first-order valence-corrected chi connectivity index (χ1v) is 8.14. The Hall–Kier alpha value is -2.68. The van der Waals surface area contributed by atoms with Crippen LogP contribution in [0.2, 0.25) is 0 Å². The molecule has 3 aromatic heterocycles. The van der Waals surface area contributed by atoms with Gasteiger partial charge in [0.05, 0.1) is 12.3 Å². The SMILES string of the molecule is CCOCCn1c(-n2nc(C)cc2C)nc2c1c(=O)n(C)c(=O)n2C. The molecule has 0 unspecified atom stereocenters. The van der Waals surface area contributed by atoms with E-state index in [1.807, 2.05) is 26.8 Å². The van der Waals surface area contributed by atoms with Gasteiger partial charge in [-0.1, -0.05) is 0 Å². The fourth-order valence-electron chi connectivity index (χ4n) is 2.94. The maximum absolute atomic E-state index is 12.7. The van der Waals surface area contributed by atoms with Gasteiger partial charge in [-0.15, -0.1) is 0 Å². The van der Waals surface area contributed by atoms with Crippen LogP contribution < -0.4 is 11.2 Å². The first-order chi connectivity index (χ1) is 11.9. The lowest BCUT2D eigenvalue weighted by Crippen LogP contribution is -2.37. The van der Waals surface area contributed by atoms with E-state index in [4.69, 9.17) is 4.74 Å².